The highest BCUT2D eigenvalue weighted by Gasteiger charge is 2.15. The Morgan fingerprint density at radius 1 is 1.24 bits per heavy atom. The lowest BCUT2D eigenvalue weighted by atomic mass is 10.2. The van der Waals surface area contributed by atoms with Crippen LogP contribution in [0.25, 0.3) is 5.69 Å². The monoisotopic (exact) mass is 357 g/mol. The Morgan fingerprint density at radius 2 is 2.00 bits per heavy atom. The Balaban J connectivity index is 1.83. The van der Waals surface area contributed by atoms with Crippen LogP contribution in [0.5, 0.6) is 0 Å². The molecule has 0 spiro atoms. The minimum atomic E-state index is -0.263. The highest BCUT2D eigenvalue weighted by Crippen LogP contribution is 2.34. The van der Waals surface area contributed by atoms with Crippen molar-refractivity contribution in [3.63, 3.8) is 0 Å². The number of tetrazole rings is 1. The number of nitrogens with zero attached hydrogens (tertiary/aromatic N) is 4. The lowest BCUT2D eigenvalue weighted by Crippen LogP contribution is -2.07. The predicted molar refractivity (Wildman–Crippen MR) is 94.1 cm³/mol. The van der Waals surface area contributed by atoms with E-state index in [0.29, 0.717) is 10.8 Å². The Morgan fingerprint density at radius 3 is 2.72 bits per heavy atom. The number of halogens is 1. The zero-order valence-corrected chi connectivity index (χ0v) is 14.5. The largest absolute Gasteiger partial charge is 0.326 e. The number of anilines is 1. The van der Waals surface area contributed by atoms with E-state index >= 15 is 0 Å². The first-order valence-electron chi connectivity index (χ1n) is 7.61. The molecule has 6 nitrogen and oxygen atoms in total. The number of amides is 1. The maximum atomic E-state index is 13.1. The van der Waals surface area contributed by atoms with Crippen LogP contribution in [-0.2, 0) is 4.79 Å². The fourth-order valence-electron chi connectivity index (χ4n) is 2.29. The van der Waals surface area contributed by atoms with Gasteiger partial charge in [0.25, 0.3) is 0 Å². The van der Waals surface area contributed by atoms with Gasteiger partial charge >= 0.3 is 0 Å². The summed E-state index contributed by atoms with van der Waals surface area (Å²) in [6.07, 6.45) is 0. The Hall–Kier alpha value is -2.74. The number of benzene rings is 2. The molecule has 1 N–H and O–H groups in total. The summed E-state index contributed by atoms with van der Waals surface area (Å²) in [4.78, 5) is 11.2. The zero-order valence-electron chi connectivity index (χ0n) is 13.7. The molecule has 1 unspecified atom stereocenters. The van der Waals surface area contributed by atoms with Gasteiger partial charge in [0.2, 0.25) is 11.1 Å². The number of nitrogens with one attached hydrogen (secondary N) is 1. The summed E-state index contributed by atoms with van der Waals surface area (Å²) in [6, 6.07) is 13.6. The predicted octanol–water partition coefficient (Wildman–Crippen LogP) is 3.61. The second-order valence-electron chi connectivity index (χ2n) is 5.42. The number of carbonyl (C=O) groups excluding carboxylic acids is 1. The van der Waals surface area contributed by atoms with Crippen LogP contribution in [0.3, 0.4) is 0 Å². The van der Waals surface area contributed by atoms with Gasteiger partial charge in [-0.05, 0) is 53.2 Å². The lowest BCUT2D eigenvalue weighted by molar-refractivity contribution is -0.114. The molecular weight excluding hydrogens is 341 g/mol. The lowest BCUT2D eigenvalue weighted by Gasteiger charge is -2.12. The van der Waals surface area contributed by atoms with E-state index in [4.69, 9.17) is 0 Å². The van der Waals surface area contributed by atoms with Crippen molar-refractivity contribution in [3.05, 3.63) is 59.9 Å². The molecule has 128 valence electrons. The van der Waals surface area contributed by atoms with Crippen molar-refractivity contribution in [3.8, 4) is 5.69 Å². The average molecular weight is 357 g/mol. The smallest absolute Gasteiger partial charge is 0.221 e. The molecule has 3 aromatic rings. The van der Waals surface area contributed by atoms with Crippen LogP contribution in [0.1, 0.15) is 24.7 Å². The molecule has 0 saturated heterocycles. The summed E-state index contributed by atoms with van der Waals surface area (Å²) in [5, 5.41) is 15.2. The van der Waals surface area contributed by atoms with Crippen LogP contribution in [0.2, 0.25) is 0 Å². The Labute approximate surface area is 148 Å². The van der Waals surface area contributed by atoms with E-state index in [1.165, 1.54) is 30.8 Å². The number of rotatable bonds is 5. The quantitative estimate of drug-likeness (QED) is 0.706. The normalized spacial score (nSPS) is 12.0. The van der Waals surface area contributed by atoms with E-state index in [1.807, 2.05) is 19.1 Å². The molecule has 0 aliphatic rings. The number of aromatic nitrogens is 4. The number of hydrogen-bond acceptors (Lipinski definition) is 5. The highest BCUT2D eigenvalue weighted by atomic mass is 32.2. The first-order chi connectivity index (χ1) is 12.0. The van der Waals surface area contributed by atoms with Crippen LogP contribution < -0.4 is 5.32 Å². The minimum absolute atomic E-state index is 0.0453. The summed E-state index contributed by atoms with van der Waals surface area (Å²) in [7, 11) is 0. The molecule has 1 aromatic heterocycles. The van der Waals surface area contributed by atoms with E-state index in [-0.39, 0.29) is 17.0 Å². The van der Waals surface area contributed by atoms with Gasteiger partial charge in [-0.25, -0.2) is 4.39 Å². The second-order valence-corrected chi connectivity index (χ2v) is 6.72. The third kappa shape index (κ3) is 4.21. The minimum Gasteiger partial charge on any atom is -0.326 e. The second kappa shape index (κ2) is 7.43. The SMILES string of the molecule is CC(=O)Nc1cccc(-n2nnnc2SC(C)c2ccc(F)cc2)c1. The average Bonchev–Trinajstić information content (AvgIpc) is 3.03. The third-order valence-corrected chi connectivity index (χ3v) is 4.56. The number of thioether (sulfide) groups is 1. The summed E-state index contributed by atoms with van der Waals surface area (Å²) in [6.45, 7) is 3.46. The molecule has 0 aliphatic carbocycles. The molecule has 0 bridgehead atoms. The van der Waals surface area contributed by atoms with Crippen molar-refractivity contribution in [1.29, 1.82) is 0 Å². The zero-order chi connectivity index (χ0) is 17.8. The summed E-state index contributed by atoms with van der Waals surface area (Å²) in [5.74, 6) is -0.408. The highest BCUT2D eigenvalue weighted by molar-refractivity contribution is 7.99. The van der Waals surface area contributed by atoms with Gasteiger partial charge in [0, 0.05) is 17.9 Å². The van der Waals surface area contributed by atoms with E-state index < -0.39 is 0 Å². The Bertz CT molecular complexity index is 881. The summed E-state index contributed by atoms with van der Waals surface area (Å²) >= 11 is 1.47. The standard InChI is InChI=1S/C17H16FN5OS/c1-11(13-6-8-14(18)9-7-13)25-17-20-21-22-23(17)16-5-3-4-15(10-16)19-12(2)24/h3-11H,1-2H3,(H,19,24). The van der Waals surface area contributed by atoms with Crippen LogP contribution in [0.4, 0.5) is 10.1 Å². The van der Waals surface area contributed by atoms with Crippen molar-refractivity contribution in [2.75, 3.05) is 5.32 Å². The molecule has 1 amide bonds. The molecule has 0 fully saturated rings. The maximum Gasteiger partial charge on any atom is 0.221 e. The fourth-order valence-corrected chi connectivity index (χ4v) is 3.23. The number of carbonyl (C=O) groups is 1. The van der Waals surface area contributed by atoms with Gasteiger partial charge in [0.1, 0.15) is 5.82 Å². The van der Waals surface area contributed by atoms with Crippen molar-refractivity contribution >= 4 is 23.4 Å². The van der Waals surface area contributed by atoms with Crippen molar-refractivity contribution < 1.29 is 9.18 Å². The van der Waals surface area contributed by atoms with Crippen molar-refractivity contribution in [2.24, 2.45) is 0 Å². The molecule has 8 heteroatoms. The molecule has 0 radical (unpaired) electrons. The Kier molecular flexibility index (Phi) is 5.08. The first kappa shape index (κ1) is 17.1. The van der Waals surface area contributed by atoms with E-state index in [1.54, 1.807) is 28.9 Å². The van der Waals surface area contributed by atoms with Crippen molar-refractivity contribution in [2.45, 2.75) is 24.3 Å². The third-order valence-electron chi connectivity index (χ3n) is 3.47. The van der Waals surface area contributed by atoms with Gasteiger partial charge in [0.05, 0.1) is 5.69 Å². The van der Waals surface area contributed by atoms with E-state index in [0.717, 1.165) is 11.3 Å². The maximum absolute atomic E-state index is 13.1. The van der Waals surface area contributed by atoms with Gasteiger partial charge in [-0.2, -0.15) is 4.68 Å². The van der Waals surface area contributed by atoms with Crippen LogP contribution >= 0.6 is 11.8 Å². The van der Waals surface area contributed by atoms with Crippen molar-refractivity contribution in [1.82, 2.24) is 20.2 Å². The van der Waals surface area contributed by atoms with Crippen LogP contribution in [-0.4, -0.2) is 26.1 Å². The van der Waals surface area contributed by atoms with Gasteiger partial charge in [-0.15, -0.1) is 5.10 Å². The molecule has 0 saturated carbocycles. The molecule has 1 atom stereocenters. The first-order valence-corrected chi connectivity index (χ1v) is 8.49. The molecule has 3 rings (SSSR count). The summed E-state index contributed by atoms with van der Waals surface area (Å²) in [5.41, 5.74) is 2.39. The summed E-state index contributed by atoms with van der Waals surface area (Å²) < 4.78 is 14.7. The van der Waals surface area contributed by atoms with Crippen LogP contribution in [0.15, 0.2) is 53.7 Å². The molecule has 25 heavy (non-hydrogen) atoms. The number of hydrogen-bond donors (Lipinski definition) is 1. The molecular formula is C17H16FN5OS. The van der Waals surface area contributed by atoms with Gasteiger partial charge < -0.3 is 5.32 Å². The fraction of sp³-hybridized carbons (Fsp3) is 0.176. The van der Waals surface area contributed by atoms with Gasteiger partial charge in [-0.3, -0.25) is 4.79 Å². The molecule has 2 aromatic carbocycles. The molecule has 0 aliphatic heterocycles. The van der Waals surface area contributed by atoms with Crippen LogP contribution in [0, 0.1) is 5.82 Å². The van der Waals surface area contributed by atoms with E-state index in [2.05, 4.69) is 20.8 Å². The van der Waals surface area contributed by atoms with Gasteiger partial charge in [0.15, 0.2) is 0 Å². The van der Waals surface area contributed by atoms with E-state index in [9.17, 15) is 9.18 Å². The topological polar surface area (TPSA) is 72.7 Å². The van der Waals surface area contributed by atoms with Gasteiger partial charge in [-0.1, -0.05) is 30.0 Å². The molecule has 1 heterocycles.